The normalized spacial score (nSPS) is 12.4. The van der Waals surface area contributed by atoms with Gasteiger partial charge in [0.1, 0.15) is 0 Å². The van der Waals surface area contributed by atoms with Gasteiger partial charge in [-0.15, -0.1) is 0 Å². The second-order valence-electron chi connectivity index (χ2n) is 24.7. The predicted octanol–water partition coefficient (Wildman–Crippen LogP) is 23.9. The molecule has 93 heavy (non-hydrogen) atoms. The Hall–Kier alpha value is -12.1. The van der Waals surface area contributed by atoms with Crippen LogP contribution in [0, 0.1) is 0 Å². The number of fused-ring (bicyclic) bond motifs is 9. The molecule has 2 heteroatoms. The summed E-state index contributed by atoms with van der Waals surface area (Å²) in [5.74, 6) is 0. The molecule has 2 nitrogen and oxygen atoms in total. The summed E-state index contributed by atoms with van der Waals surface area (Å²) in [5.41, 5.74) is 30.9. The molecule has 0 atom stereocenters. The second kappa shape index (κ2) is 22.1. The van der Waals surface area contributed by atoms with E-state index in [0.29, 0.717) is 0 Å². The summed E-state index contributed by atoms with van der Waals surface area (Å²) in [6.07, 6.45) is 0. The average Bonchev–Trinajstić information content (AvgIpc) is 1.57. The Morgan fingerprint density at radius 1 is 0.183 bits per heavy atom. The first kappa shape index (κ1) is 53.9. The highest BCUT2D eigenvalue weighted by atomic mass is 15.0. The Kier molecular flexibility index (Phi) is 12.8. The molecule has 0 amide bonds. The Balaban J connectivity index is 0.650. The summed E-state index contributed by atoms with van der Waals surface area (Å²) in [4.78, 5) is 0. The number of para-hydroxylation sites is 3. The van der Waals surface area contributed by atoms with Crippen molar-refractivity contribution in [1.29, 1.82) is 0 Å². The van der Waals surface area contributed by atoms with Gasteiger partial charge in [0.25, 0.3) is 0 Å². The Morgan fingerprint density at radius 2 is 0.538 bits per heavy atom. The number of aromatic nitrogens is 2. The van der Waals surface area contributed by atoms with E-state index in [2.05, 4.69) is 373 Å². The number of rotatable bonds is 11. The summed E-state index contributed by atoms with van der Waals surface area (Å²) >= 11 is 0. The van der Waals surface area contributed by atoms with Crippen LogP contribution in [0.4, 0.5) is 0 Å². The van der Waals surface area contributed by atoms with Gasteiger partial charge < -0.3 is 9.13 Å². The van der Waals surface area contributed by atoms with Crippen molar-refractivity contribution >= 4 is 43.6 Å². The maximum atomic E-state index is 2.44. The molecular formula is C91H60N2. The summed E-state index contributed by atoms with van der Waals surface area (Å²) in [6.45, 7) is 0. The van der Waals surface area contributed by atoms with Crippen LogP contribution in [0.5, 0.6) is 0 Å². The lowest BCUT2D eigenvalue weighted by atomic mass is 9.67. The Morgan fingerprint density at radius 3 is 1.11 bits per heavy atom. The number of hydrogen-bond donors (Lipinski definition) is 0. The SMILES string of the molecule is c1ccc(-c2ccccc2-c2cccc(C3(c4cccc(-c5ccc(-c6ccc(-c7cccc(-n8c9ccccc9c9cc(-c%10ccc%11c(c%10)c%10ccccc%10n%11-c%10ccccc%10-c%10ccccc%10)ccc98)c7)cc6)cc5)c4)c4ccccc4-c4ccccc43)c2)cc1. The smallest absolute Gasteiger partial charge is 0.0713 e. The zero-order chi connectivity index (χ0) is 61.4. The molecule has 0 radical (unpaired) electrons. The summed E-state index contributed by atoms with van der Waals surface area (Å²) in [5, 5.41) is 4.94. The molecule has 2 aromatic heterocycles. The molecule has 0 spiro atoms. The highest BCUT2D eigenvalue weighted by Crippen LogP contribution is 2.57. The van der Waals surface area contributed by atoms with Crippen molar-refractivity contribution in [3.63, 3.8) is 0 Å². The molecule has 0 saturated carbocycles. The highest BCUT2D eigenvalue weighted by Gasteiger charge is 2.46. The molecule has 17 aromatic rings. The third-order valence-corrected chi connectivity index (χ3v) is 19.6. The number of hydrogen-bond acceptors (Lipinski definition) is 0. The van der Waals surface area contributed by atoms with Crippen LogP contribution in [0.15, 0.2) is 364 Å². The molecule has 0 bridgehead atoms. The van der Waals surface area contributed by atoms with Gasteiger partial charge in [0, 0.05) is 32.8 Å². The van der Waals surface area contributed by atoms with Crippen LogP contribution in [-0.4, -0.2) is 9.13 Å². The first-order valence-corrected chi connectivity index (χ1v) is 32.2. The van der Waals surface area contributed by atoms with Crippen molar-refractivity contribution in [3.05, 3.63) is 386 Å². The van der Waals surface area contributed by atoms with Gasteiger partial charge in [-0.25, -0.2) is 0 Å². The first-order valence-electron chi connectivity index (χ1n) is 32.2. The third-order valence-electron chi connectivity index (χ3n) is 19.6. The van der Waals surface area contributed by atoms with E-state index in [9.17, 15) is 0 Å². The number of benzene rings is 15. The lowest BCUT2D eigenvalue weighted by molar-refractivity contribution is 0.769. The second-order valence-corrected chi connectivity index (χ2v) is 24.7. The molecular weight excluding hydrogens is 1120 g/mol. The van der Waals surface area contributed by atoms with Crippen LogP contribution in [0.3, 0.4) is 0 Å². The van der Waals surface area contributed by atoms with Crippen molar-refractivity contribution in [2.45, 2.75) is 5.41 Å². The molecule has 434 valence electrons. The molecule has 0 fully saturated rings. The van der Waals surface area contributed by atoms with Gasteiger partial charge in [0.2, 0.25) is 0 Å². The predicted molar refractivity (Wildman–Crippen MR) is 390 cm³/mol. The first-order chi connectivity index (χ1) is 46.1. The van der Waals surface area contributed by atoms with Crippen LogP contribution in [-0.2, 0) is 5.41 Å². The molecule has 0 N–H and O–H groups in total. The fourth-order valence-electron chi connectivity index (χ4n) is 15.4. The van der Waals surface area contributed by atoms with E-state index in [4.69, 9.17) is 0 Å². The minimum absolute atomic E-state index is 0.559. The topological polar surface area (TPSA) is 9.86 Å². The Labute approximate surface area is 541 Å². The van der Waals surface area contributed by atoms with E-state index in [-0.39, 0.29) is 0 Å². The van der Waals surface area contributed by atoms with Crippen LogP contribution >= 0.6 is 0 Å². The molecule has 0 saturated heterocycles. The molecule has 2 heterocycles. The zero-order valence-electron chi connectivity index (χ0n) is 51.0. The van der Waals surface area contributed by atoms with E-state index in [1.54, 1.807) is 0 Å². The van der Waals surface area contributed by atoms with Crippen molar-refractivity contribution < 1.29 is 0 Å². The van der Waals surface area contributed by atoms with Crippen molar-refractivity contribution in [1.82, 2.24) is 9.13 Å². The maximum Gasteiger partial charge on any atom is 0.0713 e. The molecule has 15 aromatic carbocycles. The quantitative estimate of drug-likeness (QED) is 0.122. The molecule has 18 rings (SSSR count). The Bertz CT molecular complexity index is 5680. The van der Waals surface area contributed by atoms with Crippen LogP contribution < -0.4 is 0 Å². The fourth-order valence-corrected chi connectivity index (χ4v) is 15.4. The lowest BCUT2D eigenvalue weighted by Gasteiger charge is -2.34. The standard InChI is InChI=1S/C91H60N2/c1-3-22-65(23-4-1)75-32-7-8-33-76(75)71-28-20-30-73(57-71)91(84-39-14-9-35-78(84)79-36-10-15-40-85(79)91)72-29-19-26-67(56-72)63-48-44-61(45-49-63)62-46-50-64(51-47-62)68-27-21-31-74(58-68)92-87-42-17-12-37-80(87)82-59-69(52-54-89(82)92)70-53-55-90-83(60-70)81-38-13-18-43-88(81)93(90)86-41-16-11-34-77(86)66-24-5-2-6-25-66/h1-60H. The van der Waals surface area contributed by atoms with E-state index < -0.39 is 5.41 Å². The van der Waals surface area contributed by atoms with Crippen LogP contribution in [0.2, 0.25) is 0 Å². The van der Waals surface area contributed by atoms with Crippen LogP contribution in [0.1, 0.15) is 22.3 Å². The van der Waals surface area contributed by atoms with Crippen LogP contribution in [0.25, 0.3) is 144 Å². The van der Waals surface area contributed by atoms with Crippen molar-refractivity contribution in [2.24, 2.45) is 0 Å². The van der Waals surface area contributed by atoms with Gasteiger partial charge >= 0.3 is 0 Å². The summed E-state index contributed by atoms with van der Waals surface area (Å²) in [7, 11) is 0. The lowest BCUT2D eigenvalue weighted by Crippen LogP contribution is -2.28. The van der Waals surface area contributed by atoms with E-state index in [0.717, 1.165) is 5.69 Å². The van der Waals surface area contributed by atoms with Gasteiger partial charge in [-0.05, 0) is 172 Å². The van der Waals surface area contributed by atoms with E-state index in [1.807, 2.05) is 0 Å². The largest absolute Gasteiger partial charge is 0.309 e. The van der Waals surface area contributed by atoms with Gasteiger partial charge in [0.05, 0.1) is 33.2 Å². The van der Waals surface area contributed by atoms with Crippen molar-refractivity contribution in [2.75, 3.05) is 0 Å². The fraction of sp³-hybridized carbons (Fsp3) is 0.0110. The van der Waals surface area contributed by atoms with Crippen molar-refractivity contribution in [3.8, 4) is 100 Å². The minimum atomic E-state index is -0.559. The minimum Gasteiger partial charge on any atom is -0.309 e. The van der Waals surface area contributed by atoms with Gasteiger partial charge in [-0.3, -0.25) is 0 Å². The van der Waals surface area contributed by atoms with E-state index >= 15 is 0 Å². The molecule has 0 unspecified atom stereocenters. The molecule has 0 aliphatic heterocycles. The monoisotopic (exact) mass is 1180 g/mol. The third kappa shape index (κ3) is 8.86. The molecule has 1 aliphatic rings. The van der Waals surface area contributed by atoms with Gasteiger partial charge in [-0.2, -0.15) is 0 Å². The van der Waals surface area contributed by atoms with E-state index in [1.165, 1.54) is 161 Å². The molecule has 1 aliphatic carbocycles. The zero-order valence-corrected chi connectivity index (χ0v) is 51.0. The highest BCUT2D eigenvalue weighted by molar-refractivity contribution is 6.13. The van der Waals surface area contributed by atoms with Gasteiger partial charge in [-0.1, -0.05) is 297 Å². The van der Waals surface area contributed by atoms with Gasteiger partial charge in [0.15, 0.2) is 0 Å². The summed E-state index contributed by atoms with van der Waals surface area (Å²) < 4.78 is 4.87. The maximum absolute atomic E-state index is 2.44. The summed E-state index contributed by atoms with van der Waals surface area (Å²) in [6, 6.07) is 135. The average molecular weight is 1180 g/mol. The number of nitrogens with zero attached hydrogens (tertiary/aromatic N) is 2.